The van der Waals surface area contributed by atoms with Crippen LogP contribution in [-0.2, 0) is 25.5 Å². The van der Waals surface area contributed by atoms with Gasteiger partial charge in [0.2, 0.25) is 17.7 Å². The van der Waals surface area contributed by atoms with Crippen molar-refractivity contribution in [2.75, 3.05) is 12.4 Å². The number of imide groups is 1. The van der Waals surface area contributed by atoms with Crippen molar-refractivity contribution in [2.24, 2.45) is 16.7 Å². The van der Waals surface area contributed by atoms with Crippen molar-refractivity contribution in [3.8, 4) is 0 Å². The molecule has 3 atom stereocenters. The van der Waals surface area contributed by atoms with Gasteiger partial charge in [0.1, 0.15) is 6.04 Å². The highest BCUT2D eigenvalue weighted by molar-refractivity contribution is 6.09. The van der Waals surface area contributed by atoms with E-state index >= 15 is 0 Å². The number of carbonyl (C=O) groups is 4. The maximum Gasteiger partial charge on any atom is 0.337 e. The van der Waals surface area contributed by atoms with Gasteiger partial charge in [-0.3, -0.25) is 19.3 Å². The van der Waals surface area contributed by atoms with Crippen molar-refractivity contribution >= 4 is 29.4 Å². The van der Waals surface area contributed by atoms with Gasteiger partial charge in [-0.15, -0.1) is 0 Å². The molecule has 1 saturated carbocycles. The fourth-order valence-electron chi connectivity index (χ4n) is 5.35. The van der Waals surface area contributed by atoms with Crippen molar-refractivity contribution in [3.05, 3.63) is 65.7 Å². The molecule has 2 aromatic carbocycles. The van der Waals surface area contributed by atoms with Crippen LogP contribution >= 0.6 is 0 Å². The molecule has 0 spiro atoms. The second kappa shape index (κ2) is 8.70. The van der Waals surface area contributed by atoms with Crippen LogP contribution in [0.1, 0.15) is 49.5 Å². The molecule has 178 valence electrons. The number of fused-ring (bicyclic) bond motifs is 2. The van der Waals surface area contributed by atoms with Crippen LogP contribution in [0, 0.1) is 16.7 Å². The third kappa shape index (κ3) is 3.79. The number of rotatable bonds is 6. The fourth-order valence-corrected chi connectivity index (χ4v) is 5.35. The van der Waals surface area contributed by atoms with Crippen molar-refractivity contribution in [3.63, 3.8) is 0 Å². The number of benzene rings is 2. The van der Waals surface area contributed by atoms with Crippen LogP contribution in [0.2, 0.25) is 0 Å². The summed E-state index contributed by atoms with van der Waals surface area (Å²) in [6.45, 7) is 5.86. The number of amides is 3. The van der Waals surface area contributed by atoms with Gasteiger partial charge in [-0.2, -0.15) is 0 Å². The summed E-state index contributed by atoms with van der Waals surface area (Å²) >= 11 is 0. The highest BCUT2D eigenvalue weighted by Gasteiger charge is 2.65. The fraction of sp³-hybridized carbons (Fsp3) is 0.407. The molecule has 7 heteroatoms. The monoisotopic (exact) mass is 462 g/mol. The quantitative estimate of drug-likeness (QED) is 0.520. The lowest BCUT2D eigenvalue weighted by Crippen LogP contribution is -2.64. The Balaban J connectivity index is 1.69. The molecular formula is C27H30N2O5. The molecule has 2 aromatic rings. The van der Waals surface area contributed by atoms with Gasteiger partial charge in [-0.25, -0.2) is 4.79 Å². The lowest BCUT2D eigenvalue weighted by molar-refractivity contribution is -0.172. The Hall–Kier alpha value is -3.48. The first-order valence-electron chi connectivity index (χ1n) is 11.5. The number of hydrogen-bond acceptors (Lipinski definition) is 5. The van der Waals surface area contributed by atoms with Crippen molar-refractivity contribution in [1.29, 1.82) is 0 Å². The number of methoxy groups -OCH3 is 1. The zero-order valence-corrected chi connectivity index (χ0v) is 20.0. The van der Waals surface area contributed by atoms with Crippen molar-refractivity contribution < 1.29 is 23.9 Å². The Kier molecular flexibility index (Phi) is 6.06. The third-order valence-electron chi connectivity index (χ3n) is 7.89. The van der Waals surface area contributed by atoms with Crippen LogP contribution in [0.15, 0.2) is 54.6 Å². The second-order valence-electron chi connectivity index (χ2n) is 9.93. The Bertz CT molecular complexity index is 1140. The van der Waals surface area contributed by atoms with Crippen molar-refractivity contribution in [1.82, 2.24) is 4.90 Å². The third-order valence-corrected chi connectivity index (χ3v) is 7.89. The Labute approximate surface area is 199 Å². The number of carbonyl (C=O) groups excluding carboxylic acids is 4. The summed E-state index contributed by atoms with van der Waals surface area (Å²) in [5.74, 6) is -1.90. The van der Waals surface area contributed by atoms with Gasteiger partial charge in [0, 0.05) is 18.0 Å². The smallest absolute Gasteiger partial charge is 0.337 e. The summed E-state index contributed by atoms with van der Waals surface area (Å²) in [6, 6.07) is 14.7. The van der Waals surface area contributed by atoms with E-state index in [4.69, 9.17) is 4.74 Å². The normalized spacial score (nSPS) is 24.0. The Morgan fingerprint density at radius 3 is 2.47 bits per heavy atom. The van der Waals surface area contributed by atoms with Crippen LogP contribution in [0.5, 0.6) is 0 Å². The summed E-state index contributed by atoms with van der Waals surface area (Å²) in [7, 11) is 1.29. The van der Waals surface area contributed by atoms with Gasteiger partial charge in [0.05, 0.1) is 18.1 Å². The van der Waals surface area contributed by atoms with Gasteiger partial charge in [-0.05, 0) is 42.0 Å². The molecule has 1 saturated heterocycles. The maximum atomic E-state index is 13.8. The minimum Gasteiger partial charge on any atom is -0.465 e. The van der Waals surface area contributed by atoms with Gasteiger partial charge in [0.15, 0.2) is 0 Å². The van der Waals surface area contributed by atoms with E-state index in [0.717, 1.165) is 5.56 Å². The minimum absolute atomic E-state index is 0.198. The van der Waals surface area contributed by atoms with Crippen LogP contribution in [0.25, 0.3) is 0 Å². The predicted molar refractivity (Wildman–Crippen MR) is 127 cm³/mol. The van der Waals surface area contributed by atoms with E-state index in [1.54, 1.807) is 18.2 Å². The number of hydrogen-bond donors (Lipinski definition) is 1. The average molecular weight is 463 g/mol. The molecule has 1 heterocycles. The SMILES string of the molecule is COC(=O)c1cccc(NC(=O)C(Cc2ccccc2)N2C(=O)C3CCC(C)(C2=O)C3(C)C)c1. The van der Waals surface area contributed by atoms with Crippen LogP contribution < -0.4 is 5.32 Å². The highest BCUT2D eigenvalue weighted by atomic mass is 16.5. The average Bonchev–Trinajstić information content (AvgIpc) is 3.01. The summed E-state index contributed by atoms with van der Waals surface area (Å²) < 4.78 is 4.76. The first-order chi connectivity index (χ1) is 16.1. The highest BCUT2D eigenvalue weighted by Crippen LogP contribution is 2.60. The van der Waals surface area contributed by atoms with Crippen molar-refractivity contribution in [2.45, 2.75) is 46.1 Å². The van der Waals surface area contributed by atoms with Crippen LogP contribution in [0.3, 0.4) is 0 Å². The maximum absolute atomic E-state index is 13.8. The number of ether oxygens (including phenoxy) is 1. The van der Waals surface area contributed by atoms with E-state index in [2.05, 4.69) is 5.32 Å². The molecule has 2 fully saturated rings. The van der Waals surface area contributed by atoms with Gasteiger partial charge >= 0.3 is 5.97 Å². The molecule has 7 nitrogen and oxygen atoms in total. The van der Waals surface area contributed by atoms with Gasteiger partial charge < -0.3 is 10.1 Å². The number of piperidine rings is 1. The van der Waals surface area contributed by atoms with E-state index in [9.17, 15) is 19.2 Å². The Morgan fingerprint density at radius 2 is 1.79 bits per heavy atom. The molecule has 4 rings (SSSR count). The van der Waals surface area contributed by atoms with E-state index in [-0.39, 0.29) is 29.7 Å². The summed E-state index contributed by atoms with van der Waals surface area (Å²) in [6.07, 6.45) is 1.45. The zero-order chi connectivity index (χ0) is 24.7. The topological polar surface area (TPSA) is 92.8 Å². The van der Waals surface area contributed by atoms with E-state index in [0.29, 0.717) is 18.5 Å². The van der Waals surface area contributed by atoms with E-state index < -0.39 is 28.7 Å². The first-order valence-corrected chi connectivity index (χ1v) is 11.5. The number of nitrogens with zero attached hydrogens (tertiary/aromatic N) is 1. The van der Waals surface area contributed by atoms with Crippen LogP contribution in [0.4, 0.5) is 5.69 Å². The molecule has 2 aliphatic rings. The predicted octanol–water partition coefficient (Wildman–Crippen LogP) is 3.83. The van der Waals surface area contributed by atoms with Gasteiger partial charge in [0.25, 0.3) is 0 Å². The number of esters is 1. The number of anilines is 1. The minimum atomic E-state index is -1.01. The molecule has 1 aliphatic heterocycles. The largest absolute Gasteiger partial charge is 0.465 e. The molecule has 3 amide bonds. The molecular weight excluding hydrogens is 432 g/mol. The van der Waals surface area contributed by atoms with Gasteiger partial charge in [-0.1, -0.05) is 57.2 Å². The molecule has 34 heavy (non-hydrogen) atoms. The zero-order valence-electron chi connectivity index (χ0n) is 20.0. The number of likely N-dealkylation sites (tertiary alicyclic amines) is 1. The Morgan fingerprint density at radius 1 is 1.09 bits per heavy atom. The lowest BCUT2D eigenvalue weighted by Gasteiger charge is -2.49. The van der Waals surface area contributed by atoms with Crippen LogP contribution in [-0.4, -0.2) is 41.7 Å². The number of nitrogens with one attached hydrogen (secondary N) is 1. The lowest BCUT2D eigenvalue weighted by atomic mass is 9.62. The summed E-state index contributed by atoms with van der Waals surface area (Å²) in [4.78, 5) is 54.0. The molecule has 3 unspecified atom stereocenters. The molecule has 2 bridgehead atoms. The van der Waals surface area contributed by atoms with E-state index in [1.165, 1.54) is 18.1 Å². The molecule has 0 radical (unpaired) electrons. The second-order valence-corrected chi connectivity index (χ2v) is 9.93. The standard InChI is InChI=1S/C27H30N2O5/c1-26(2)20-13-14-27(26,3)25(33)29(23(20)31)21(15-17-9-6-5-7-10-17)22(30)28-19-12-8-11-18(16-19)24(32)34-4/h5-12,16,20-21H,13-15H2,1-4H3,(H,28,30). The molecule has 1 N–H and O–H groups in total. The first kappa shape index (κ1) is 23.7. The molecule has 1 aliphatic carbocycles. The van der Waals surface area contributed by atoms with E-state index in [1.807, 2.05) is 51.1 Å². The summed E-state index contributed by atoms with van der Waals surface area (Å²) in [5, 5.41) is 2.81. The molecule has 0 aromatic heterocycles. The summed E-state index contributed by atoms with van der Waals surface area (Å²) in [5.41, 5.74) is 0.329.